The Balaban J connectivity index is 4.38. The predicted octanol–water partition coefficient (Wildman–Crippen LogP) is 0.851. The molecule has 1 atom stereocenters. The number of carbonyl (C=O) groups is 1. The average molecular weight is 277 g/mol. The molecular weight excluding hydrogens is 250 g/mol. The number of ether oxygens (including phenoxy) is 3. The van der Waals surface area contributed by atoms with Gasteiger partial charge in [-0.2, -0.15) is 0 Å². The lowest BCUT2D eigenvalue weighted by Crippen LogP contribution is -2.45. The van der Waals surface area contributed by atoms with E-state index in [-0.39, 0.29) is 0 Å². The molecule has 0 aromatic rings. The lowest BCUT2D eigenvalue weighted by Gasteiger charge is -2.28. The van der Waals surface area contributed by atoms with Crippen LogP contribution in [0.1, 0.15) is 20.3 Å². The van der Waals surface area contributed by atoms with Gasteiger partial charge in [0.1, 0.15) is 6.04 Å². The van der Waals surface area contributed by atoms with Gasteiger partial charge < -0.3 is 19.3 Å². The van der Waals surface area contributed by atoms with Gasteiger partial charge >= 0.3 is 5.97 Å². The van der Waals surface area contributed by atoms with Crippen molar-refractivity contribution in [3.05, 3.63) is 0 Å². The first-order chi connectivity index (χ1) is 9.17. The number of aliphatic carboxylic acids is 1. The summed E-state index contributed by atoms with van der Waals surface area (Å²) < 4.78 is 15.6. The van der Waals surface area contributed by atoms with E-state index < -0.39 is 12.0 Å². The van der Waals surface area contributed by atoms with Gasteiger partial charge in [-0.15, -0.1) is 0 Å². The first-order valence-electron chi connectivity index (χ1n) is 6.78. The summed E-state index contributed by atoms with van der Waals surface area (Å²) >= 11 is 0. The highest BCUT2D eigenvalue weighted by atomic mass is 16.5. The highest BCUT2D eigenvalue weighted by Gasteiger charge is 2.24. The van der Waals surface area contributed by atoms with Crippen LogP contribution < -0.4 is 0 Å². The molecule has 0 aliphatic heterocycles. The fourth-order valence-electron chi connectivity index (χ4n) is 1.77. The normalized spacial score (nSPS) is 12.8. The molecule has 1 unspecified atom stereocenters. The van der Waals surface area contributed by atoms with Crippen molar-refractivity contribution in [2.75, 3.05) is 53.2 Å². The number of rotatable bonds is 13. The Bertz CT molecular complexity index is 215. The number of carboxylic acids is 1. The molecule has 0 rings (SSSR count). The molecule has 0 spiro atoms. The van der Waals surface area contributed by atoms with Crippen LogP contribution in [0.2, 0.25) is 0 Å². The first-order valence-corrected chi connectivity index (χ1v) is 6.78. The van der Waals surface area contributed by atoms with Crippen LogP contribution in [-0.2, 0) is 19.0 Å². The molecule has 0 aliphatic rings. The highest BCUT2D eigenvalue weighted by molar-refractivity contribution is 5.73. The fraction of sp³-hybridized carbons (Fsp3) is 0.923. The maximum Gasteiger partial charge on any atom is 0.321 e. The Morgan fingerprint density at radius 1 is 1.11 bits per heavy atom. The second-order valence-electron chi connectivity index (χ2n) is 4.07. The average Bonchev–Trinajstić information content (AvgIpc) is 2.38. The summed E-state index contributed by atoms with van der Waals surface area (Å²) in [5.74, 6) is -0.829. The summed E-state index contributed by atoms with van der Waals surface area (Å²) in [7, 11) is 1.57. The van der Waals surface area contributed by atoms with E-state index in [0.717, 1.165) is 0 Å². The highest BCUT2D eigenvalue weighted by Crippen LogP contribution is 2.06. The van der Waals surface area contributed by atoms with Crippen molar-refractivity contribution in [2.45, 2.75) is 26.3 Å². The molecule has 0 aromatic heterocycles. The zero-order valence-corrected chi connectivity index (χ0v) is 12.3. The molecule has 19 heavy (non-hydrogen) atoms. The predicted molar refractivity (Wildman–Crippen MR) is 72.5 cm³/mol. The fourth-order valence-corrected chi connectivity index (χ4v) is 1.77. The molecule has 6 nitrogen and oxygen atoms in total. The van der Waals surface area contributed by atoms with E-state index in [2.05, 4.69) is 0 Å². The maximum absolute atomic E-state index is 11.3. The molecule has 114 valence electrons. The van der Waals surface area contributed by atoms with Gasteiger partial charge in [-0.1, -0.05) is 0 Å². The van der Waals surface area contributed by atoms with Crippen molar-refractivity contribution in [1.82, 2.24) is 4.90 Å². The van der Waals surface area contributed by atoms with Crippen LogP contribution in [-0.4, -0.2) is 75.3 Å². The minimum Gasteiger partial charge on any atom is -0.480 e. The van der Waals surface area contributed by atoms with E-state index in [4.69, 9.17) is 14.2 Å². The summed E-state index contributed by atoms with van der Waals surface area (Å²) in [4.78, 5) is 13.2. The third-order valence-corrected chi connectivity index (χ3v) is 2.78. The molecule has 0 saturated carbocycles. The van der Waals surface area contributed by atoms with Crippen LogP contribution >= 0.6 is 0 Å². The molecular formula is C13H27NO5. The Labute approximate surface area is 115 Å². The van der Waals surface area contributed by atoms with Gasteiger partial charge in [-0.05, 0) is 20.3 Å². The van der Waals surface area contributed by atoms with E-state index in [1.807, 2.05) is 18.7 Å². The zero-order chi connectivity index (χ0) is 14.5. The second-order valence-corrected chi connectivity index (χ2v) is 4.07. The minimum absolute atomic E-state index is 0.427. The first kappa shape index (κ1) is 18.3. The van der Waals surface area contributed by atoms with E-state index >= 15 is 0 Å². The van der Waals surface area contributed by atoms with Crippen LogP contribution in [0.25, 0.3) is 0 Å². The molecule has 1 N–H and O–H groups in total. The van der Waals surface area contributed by atoms with Crippen molar-refractivity contribution in [3.63, 3.8) is 0 Å². The summed E-state index contributed by atoms with van der Waals surface area (Å²) in [5.41, 5.74) is 0. The van der Waals surface area contributed by atoms with Crippen molar-refractivity contribution in [1.29, 1.82) is 0 Å². The van der Waals surface area contributed by atoms with E-state index in [1.54, 1.807) is 7.11 Å². The summed E-state index contributed by atoms with van der Waals surface area (Å²) in [6.07, 6.45) is 0.462. The molecule has 0 saturated heterocycles. The monoisotopic (exact) mass is 277 g/mol. The van der Waals surface area contributed by atoms with Gasteiger partial charge in [0.15, 0.2) is 0 Å². The Hall–Kier alpha value is -0.690. The number of hydrogen-bond donors (Lipinski definition) is 1. The summed E-state index contributed by atoms with van der Waals surface area (Å²) in [6.45, 7) is 7.76. The largest absolute Gasteiger partial charge is 0.480 e. The number of nitrogens with zero attached hydrogens (tertiary/aromatic N) is 1. The van der Waals surface area contributed by atoms with Crippen LogP contribution in [0.3, 0.4) is 0 Å². The standard InChI is InChI=1S/C13H27NO5/c1-4-18-10-7-14(8-11-19-5-2)12(13(15)16)6-9-17-3/h12H,4-11H2,1-3H3,(H,15,16). The smallest absolute Gasteiger partial charge is 0.321 e. The maximum atomic E-state index is 11.3. The summed E-state index contributed by atoms with van der Waals surface area (Å²) in [5, 5.41) is 9.30. The number of carboxylic acid groups (broad SMARTS) is 1. The van der Waals surface area contributed by atoms with Gasteiger partial charge in [-0.25, -0.2) is 0 Å². The molecule has 0 heterocycles. The third-order valence-electron chi connectivity index (χ3n) is 2.78. The number of hydrogen-bond acceptors (Lipinski definition) is 5. The van der Waals surface area contributed by atoms with Gasteiger partial charge in [0, 0.05) is 40.0 Å². The molecule has 0 fully saturated rings. The molecule has 6 heteroatoms. The molecule has 0 aliphatic carbocycles. The SMILES string of the molecule is CCOCCN(CCOCC)C(CCOC)C(=O)O. The van der Waals surface area contributed by atoms with Gasteiger partial charge in [0.05, 0.1) is 13.2 Å². The van der Waals surface area contributed by atoms with Gasteiger partial charge in [0.25, 0.3) is 0 Å². The zero-order valence-electron chi connectivity index (χ0n) is 12.3. The van der Waals surface area contributed by atoms with Crippen molar-refractivity contribution in [3.8, 4) is 0 Å². The van der Waals surface area contributed by atoms with Gasteiger partial charge in [0.2, 0.25) is 0 Å². The Morgan fingerprint density at radius 2 is 1.63 bits per heavy atom. The Morgan fingerprint density at radius 3 is 2.00 bits per heavy atom. The van der Waals surface area contributed by atoms with Crippen LogP contribution in [0.5, 0.6) is 0 Å². The molecule has 0 amide bonds. The lowest BCUT2D eigenvalue weighted by molar-refractivity contribution is -0.144. The third kappa shape index (κ3) is 8.93. The van der Waals surface area contributed by atoms with Crippen molar-refractivity contribution >= 4 is 5.97 Å². The Kier molecular flexibility index (Phi) is 11.9. The van der Waals surface area contributed by atoms with Crippen LogP contribution in [0.4, 0.5) is 0 Å². The van der Waals surface area contributed by atoms with Gasteiger partial charge in [-0.3, -0.25) is 9.69 Å². The van der Waals surface area contributed by atoms with Crippen molar-refractivity contribution < 1.29 is 24.1 Å². The molecule has 0 radical (unpaired) electrons. The summed E-state index contributed by atoms with van der Waals surface area (Å²) in [6, 6.07) is -0.555. The topological polar surface area (TPSA) is 68.2 Å². The van der Waals surface area contributed by atoms with Crippen molar-refractivity contribution in [2.24, 2.45) is 0 Å². The lowest BCUT2D eigenvalue weighted by atomic mass is 10.2. The molecule has 0 aromatic carbocycles. The number of methoxy groups -OCH3 is 1. The molecule has 0 bridgehead atoms. The minimum atomic E-state index is -0.829. The van der Waals surface area contributed by atoms with E-state index in [0.29, 0.717) is 52.5 Å². The van der Waals surface area contributed by atoms with E-state index in [9.17, 15) is 9.90 Å². The van der Waals surface area contributed by atoms with Crippen LogP contribution in [0, 0.1) is 0 Å². The quantitative estimate of drug-likeness (QED) is 0.503. The van der Waals surface area contributed by atoms with Crippen LogP contribution in [0.15, 0.2) is 0 Å². The van der Waals surface area contributed by atoms with E-state index in [1.165, 1.54) is 0 Å². The second kappa shape index (κ2) is 12.3.